The highest BCUT2D eigenvalue weighted by atomic mass is 16.6. The molecule has 0 aromatic heterocycles. The second-order valence-corrected chi connectivity index (χ2v) is 7.18. The van der Waals surface area contributed by atoms with Crippen molar-refractivity contribution in [2.75, 3.05) is 27.9 Å². The van der Waals surface area contributed by atoms with Crippen molar-refractivity contribution in [2.45, 2.75) is 24.0 Å². The van der Waals surface area contributed by atoms with E-state index in [0.717, 1.165) is 0 Å². The average molecular weight is 420 g/mol. The molecule has 2 atom stereocenters. The van der Waals surface area contributed by atoms with Crippen molar-refractivity contribution in [3.63, 3.8) is 0 Å². The van der Waals surface area contributed by atoms with Crippen LogP contribution in [0.25, 0.3) is 0 Å². The fraction of sp³-hybridized carbons (Fsp3) is 0.381. The van der Waals surface area contributed by atoms with Crippen molar-refractivity contribution >= 4 is 5.97 Å². The minimum atomic E-state index is -2.27. The summed E-state index contributed by atoms with van der Waals surface area (Å²) in [6.07, 6.45) is -0.456. The number of carbonyl (C=O) groups is 1. The Bertz CT molecular complexity index is 932. The van der Waals surface area contributed by atoms with Gasteiger partial charge in [0.2, 0.25) is 5.75 Å². The predicted octanol–water partition coefficient (Wildman–Crippen LogP) is 0.928. The molecule has 3 rings (SSSR count). The molecule has 162 valence electrons. The number of benzene rings is 2. The van der Waals surface area contributed by atoms with Gasteiger partial charge in [-0.3, -0.25) is 0 Å². The Hall–Kier alpha value is -3.17. The number of rotatable bonds is 7. The molecule has 1 aliphatic heterocycles. The SMILES string of the molecule is COc1cc(C[C@]2(O)COC(=O)[C@]2(O)Cc2cc(OC)c(O)c(OC)c2)ccc1O. The lowest BCUT2D eigenvalue weighted by Crippen LogP contribution is -2.58. The molecule has 1 aliphatic rings. The zero-order valence-electron chi connectivity index (χ0n) is 16.8. The van der Waals surface area contributed by atoms with Crippen LogP contribution in [0.3, 0.4) is 0 Å². The van der Waals surface area contributed by atoms with Gasteiger partial charge in [-0.2, -0.15) is 0 Å². The number of hydrogen-bond acceptors (Lipinski definition) is 9. The summed E-state index contributed by atoms with van der Waals surface area (Å²) in [4.78, 5) is 12.5. The predicted molar refractivity (Wildman–Crippen MR) is 104 cm³/mol. The third-order valence-corrected chi connectivity index (χ3v) is 5.29. The molecule has 0 bridgehead atoms. The van der Waals surface area contributed by atoms with E-state index in [1.165, 1.54) is 45.6 Å². The lowest BCUT2D eigenvalue weighted by Gasteiger charge is -2.34. The minimum absolute atomic E-state index is 0.0782. The van der Waals surface area contributed by atoms with Gasteiger partial charge in [-0.25, -0.2) is 4.79 Å². The highest BCUT2D eigenvalue weighted by Crippen LogP contribution is 2.42. The molecule has 9 heteroatoms. The summed E-state index contributed by atoms with van der Waals surface area (Å²) in [6, 6.07) is 7.32. The summed E-state index contributed by atoms with van der Waals surface area (Å²) in [5.41, 5.74) is -3.33. The van der Waals surface area contributed by atoms with Gasteiger partial charge < -0.3 is 39.4 Å². The van der Waals surface area contributed by atoms with E-state index in [2.05, 4.69) is 0 Å². The van der Waals surface area contributed by atoms with E-state index < -0.39 is 23.8 Å². The number of aliphatic hydroxyl groups is 2. The maximum atomic E-state index is 12.5. The van der Waals surface area contributed by atoms with Gasteiger partial charge in [0.15, 0.2) is 28.6 Å². The Morgan fingerprint density at radius 1 is 0.900 bits per heavy atom. The van der Waals surface area contributed by atoms with E-state index in [9.17, 15) is 25.2 Å². The topological polar surface area (TPSA) is 135 Å². The smallest absolute Gasteiger partial charge is 0.341 e. The number of phenols is 2. The molecule has 30 heavy (non-hydrogen) atoms. The number of phenolic OH excluding ortho intramolecular Hbond substituents is 2. The summed E-state index contributed by atoms with van der Waals surface area (Å²) < 4.78 is 20.3. The average Bonchev–Trinajstić information content (AvgIpc) is 2.94. The van der Waals surface area contributed by atoms with Gasteiger partial charge in [-0.15, -0.1) is 0 Å². The van der Waals surface area contributed by atoms with Gasteiger partial charge in [0, 0.05) is 12.8 Å². The molecule has 2 aromatic rings. The van der Waals surface area contributed by atoms with Crippen LogP contribution >= 0.6 is 0 Å². The van der Waals surface area contributed by atoms with Crippen LogP contribution in [-0.2, 0) is 22.4 Å². The van der Waals surface area contributed by atoms with Crippen molar-refractivity contribution in [2.24, 2.45) is 0 Å². The van der Waals surface area contributed by atoms with Gasteiger partial charge in [-0.05, 0) is 35.4 Å². The zero-order chi connectivity index (χ0) is 22.1. The third kappa shape index (κ3) is 3.57. The van der Waals surface area contributed by atoms with Crippen LogP contribution in [0, 0.1) is 0 Å². The first-order valence-electron chi connectivity index (χ1n) is 9.09. The zero-order valence-corrected chi connectivity index (χ0v) is 16.8. The standard InChI is InChI=1S/C21H24O9/c1-27-15-6-12(4-5-14(15)22)9-20(25)11-30-19(24)21(20,26)10-13-7-16(28-2)18(23)17(8-13)29-3/h4-8,22-23,25-26H,9-11H2,1-3H3/t20-,21+/m0/s1. The second-order valence-electron chi connectivity index (χ2n) is 7.18. The molecule has 2 aromatic carbocycles. The second kappa shape index (κ2) is 7.92. The van der Waals surface area contributed by atoms with E-state index in [0.29, 0.717) is 11.1 Å². The number of methoxy groups -OCH3 is 3. The van der Waals surface area contributed by atoms with Gasteiger partial charge in [0.25, 0.3) is 0 Å². The first kappa shape index (κ1) is 21.5. The van der Waals surface area contributed by atoms with E-state index >= 15 is 0 Å². The number of cyclic esters (lactones) is 1. The van der Waals surface area contributed by atoms with Crippen LogP contribution < -0.4 is 14.2 Å². The van der Waals surface area contributed by atoms with E-state index in [1.807, 2.05) is 0 Å². The van der Waals surface area contributed by atoms with Crippen LogP contribution in [0.5, 0.6) is 28.7 Å². The normalized spacial score (nSPS) is 23.2. The van der Waals surface area contributed by atoms with Gasteiger partial charge in [-0.1, -0.05) is 6.07 Å². The third-order valence-electron chi connectivity index (χ3n) is 5.29. The van der Waals surface area contributed by atoms with Crippen LogP contribution in [0.15, 0.2) is 30.3 Å². The largest absolute Gasteiger partial charge is 0.504 e. The maximum absolute atomic E-state index is 12.5. The number of hydrogen-bond donors (Lipinski definition) is 4. The maximum Gasteiger partial charge on any atom is 0.341 e. The van der Waals surface area contributed by atoms with Crippen LogP contribution in [0.2, 0.25) is 0 Å². The molecule has 0 saturated carbocycles. The Morgan fingerprint density at radius 2 is 1.47 bits per heavy atom. The quantitative estimate of drug-likeness (QED) is 0.482. The van der Waals surface area contributed by atoms with Crippen molar-refractivity contribution in [3.8, 4) is 28.7 Å². The fourth-order valence-electron chi connectivity index (χ4n) is 3.56. The Balaban J connectivity index is 1.97. The Kier molecular flexibility index (Phi) is 5.69. The molecule has 9 nitrogen and oxygen atoms in total. The van der Waals surface area contributed by atoms with Crippen molar-refractivity contribution in [1.29, 1.82) is 0 Å². The molecule has 4 N–H and O–H groups in total. The minimum Gasteiger partial charge on any atom is -0.504 e. The molecule has 1 fully saturated rings. The Morgan fingerprint density at radius 3 is 2.03 bits per heavy atom. The summed E-state index contributed by atoms with van der Waals surface area (Å²) >= 11 is 0. The lowest BCUT2D eigenvalue weighted by atomic mass is 9.77. The summed E-state index contributed by atoms with van der Waals surface area (Å²) in [5.74, 6) is -0.904. The van der Waals surface area contributed by atoms with Crippen LogP contribution in [0.4, 0.5) is 0 Å². The molecule has 1 heterocycles. The molecule has 0 spiro atoms. The molecule has 0 aliphatic carbocycles. The molecule has 1 saturated heterocycles. The van der Waals surface area contributed by atoms with E-state index in [4.69, 9.17) is 18.9 Å². The van der Waals surface area contributed by atoms with E-state index in [-0.39, 0.29) is 41.6 Å². The van der Waals surface area contributed by atoms with Crippen molar-refractivity contribution in [3.05, 3.63) is 41.5 Å². The first-order chi connectivity index (χ1) is 14.2. The van der Waals surface area contributed by atoms with Gasteiger partial charge in [0.05, 0.1) is 21.3 Å². The van der Waals surface area contributed by atoms with Gasteiger partial charge in [0.1, 0.15) is 12.2 Å². The van der Waals surface area contributed by atoms with Crippen LogP contribution in [0.1, 0.15) is 11.1 Å². The fourth-order valence-corrected chi connectivity index (χ4v) is 3.56. The van der Waals surface area contributed by atoms with Gasteiger partial charge >= 0.3 is 5.97 Å². The highest BCUT2D eigenvalue weighted by molar-refractivity contribution is 5.84. The number of aromatic hydroxyl groups is 2. The molecule has 0 unspecified atom stereocenters. The summed E-state index contributed by atoms with van der Waals surface area (Å²) in [7, 11) is 4.09. The highest BCUT2D eigenvalue weighted by Gasteiger charge is 2.61. The number of esters is 1. The first-order valence-corrected chi connectivity index (χ1v) is 9.09. The molecular weight excluding hydrogens is 396 g/mol. The summed E-state index contributed by atoms with van der Waals surface area (Å²) in [6.45, 7) is -0.419. The molecular formula is C21H24O9. The van der Waals surface area contributed by atoms with Crippen LogP contribution in [-0.4, -0.2) is 65.5 Å². The van der Waals surface area contributed by atoms with Crippen molar-refractivity contribution in [1.82, 2.24) is 0 Å². The lowest BCUT2D eigenvalue weighted by molar-refractivity contribution is -0.163. The summed E-state index contributed by atoms with van der Waals surface area (Å²) in [5, 5.41) is 42.3. The monoisotopic (exact) mass is 420 g/mol. The van der Waals surface area contributed by atoms with E-state index in [1.54, 1.807) is 6.07 Å². The van der Waals surface area contributed by atoms with Crippen molar-refractivity contribution < 1.29 is 44.2 Å². The molecule has 0 amide bonds. The Labute approximate surface area is 173 Å². The number of carbonyl (C=O) groups excluding carboxylic acids is 1. The molecule has 0 radical (unpaired) electrons. The number of ether oxygens (including phenoxy) is 4.